The Hall–Kier alpha value is -3.48. The van der Waals surface area contributed by atoms with Crippen molar-refractivity contribution in [2.75, 3.05) is 5.32 Å². The van der Waals surface area contributed by atoms with Crippen LogP contribution in [0.2, 0.25) is 0 Å². The molecular formula is C22H24N2O5. The van der Waals surface area contributed by atoms with Gasteiger partial charge >= 0.3 is 5.97 Å². The Labute approximate surface area is 169 Å². The van der Waals surface area contributed by atoms with Crippen LogP contribution < -0.4 is 5.32 Å². The van der Waals surface area contributed by atoms with Crippen molar-refractivity contribution in [2.45, 2.75) is 39.2 Å². The number of nitrogens with one attached hydrogen (secondary N) is 1. The first-order valence-electron chi connectivity index (χ1n) is 9.34. The van der Waals surface area contributed by atoms with Crippen molar-refractivity contribution in [3.05, 3.63) is 75.8 Å². The Morgan fingerprint density at radius 1 is 1.14 bits per heavy atom. The first-order valence-corrected chi connectivity index (χ1v) is 9.34. The molecule has 0 heterocycles. The molecule has 1 N–H and O–H groups in total. The number of anilines is 1. The molecule has 0 radical (unpaired) electrons. The van der Waals surface area contributed by atoms with Crippen molar-refractivity contribution >= 4 is 29.3 Å². The van der Waals surface area contributed by atoms with Crippen LogP contribution in [-0.2, 0) is 14.3 Å². The molecule has 0 saturated carbocycles. The summed E-state index contributed by atoms with van der Waals surface area (Å²) in [6.45, 7) is 5.65. The highest BCUT2D eigenvalue weighted by atomic mass is 16.6. The van der Waals surface area contributed by atoms with Gasteiger partial charge in [-0.3, -0.25) is 14.9 Å². The lowest BCUT2D eigenvalue weighted by atomic mass is 9.97. The molecule has 0 unspecified atom stereocenters. The second-order valence-electron chi connectivity index (χ2n) is 6.65. The predicted molar refractivity (Wildman–Crippen MR) is 111 cm³/mol. The van der Waals surface area contributed by atoms with Gasteiger partial charge in [0.2, 0.25) is 0 Å². The molecule has 2 atom stereocenters. The summed E-state index contributed by atoms with van der Waals surface area (Å²) < 4.78 is 5.15. The Bertz CT molecular complexity index is 906. The minimum atomic E-state index is -0.978. The zero-order valence-electron chi connectivity index (χ0n) is 16.6. The molecule has 0 spiro atoms. The van der Waals surface area contributed by atoms with Crippen LogP contribution >= 0.6 is 0 Å². The standard InChI is InChI=1S/C22H24N2O5/c1-4-15(2)19-7-5-6-8-20(19)23-22(26)16(3)29-21(25)14-11-17-9-12-18(13-10-17)24(27)28/h5-16H,4H2,1-3H3,(H,23,26)/b14-11+/t15-,16-/m0/s1. The molecule has 0 saturated heterocycles. The number of nitro benzene ring substituents is 1. The third-order valence-corrected chi connectivity index (χ3v) is 4.54. The Morgan fingerprint density at radius 2 is 1.79 bits per heavy atom. The highest BCUT2D eigenvalue weighted by Gasteiger charge is 2.18. The van der Waals surface area contributed by atoms with E-state index in [2.05, 4.69) is 19.2 Å². The number of ether oxygens (including phenoxy) is 1. The SMILES string of the molecule is CC[C@H](C)c1ccccc1NC(=O)[C@H](C)OC(=O)/C=C/c1ccc([N+](=O)[O-])cc1. The molecule has 0 aromatic heterocycles. The molecule has 7 nitrogen and oxygen atoms in total. The van der Waals surface area contributed by atoms with E-state index in [1.54, 1.807) is 0 Å². The van der Waals surface area contributed by atoms with Gasteiger partial charge in [0.15, 0.2) is 6.10 Å². The number of amides is 1. The highest BCUT2D eigenvalue weighted by Crippen LogP contribution is 2.26. The van der Waals surface area contributed by atoms with Crippen molar-refractivity contribution < 1.29 is 19.2 Å². The van der Waals surface area contributed by atoms with Crippen LogP contribution in [0.4, 0.5) is 11.4 Å². The molecule has 0 aliphatic heterocycles. The summed E-state index contributed by atoms with van der Waals surface area (Å²) in [5.41, 5.74) is 2.30. The molecule has 2 aromatic rings. The van der Waals surface area contributed by atoms with Gasteiger partial charge in [-0.25, -0.2) is 4.79 Å². The van der Waals surface area contributed by atoms with Crippen molar-refractivity contribution in [3.8, 4) is 0 Å². The monoisotopic (exact) mass is 396 g/mol. The minimum Gasteiger partial charge on any atom is -0.449 e. The maximum atomic E-state index is 12.4. The molecule has 0 aliphatic carbocycles. The van der Waals surface area contributed by atoms with Gasteiger partial charge in [0, 0.05) is 23.9 Å². The number of hydrogen-bond donors (Lipinski definition) is 1. The molecule has 29 heavy (non-hydrogen) atoms. The third kappa shape index (κ3) is 6.27. The van der Waals surface area contributed by atoms with E-state index in [0.717, 1.165) is 12.0 Å². The van der Waals surface area contributed by atoms with Crippen molar-refractivity contribution in [1.82, 2.24) is 0 Å². The second kappa shape index (κ2) is 10.2. The zero-order chi connectivity index (χ0) is 21.4. The first-order chi connectivity index (χ1) is 13.8. The number of carbonyl (C=O) groups excluding carboxylic acids is 2. The van der Waals surface area contributed by atoms with Gasteiger partial charge in [0.05, 0.1) is 4.92 Å². The Balaban J connectivity index is 1.95. The Morgan fingerprint density at radius 3 is 2.41 bits per heavy atom. The molecular weight excluding hydrogens is 372 g/mol. The molecule has 1 amide bonds. The lowest BCUT2D eigenvalue weighted by Crippen LogP contribution is -2.29. The summed E-state index contributed by atoms with van der Waals surface area (Å²) in [5, 5.41) is 13.5. The van der Waals surface area contributed by atoms with Crippen molar-refractivity contribution in [3.63, 3.8) is 0 Å². The molecule has 2 aromatic carbocycles. The van der Waals surface area contributed by atoms with E-state index >= 15 is 0 Å². The quantitative estimate of drug-likeness (QED) is 0.302. The lowest BCUT2D eigenvalue weighted by Gasteiger charge is -2.17. The summed E-state index contributed by atoms with van der Waals surface area (Å²) in [4.78, 5) is 34.5. The fraction of sp³-hybridized carbons (Fsp3) is 0.273. The van der Waals surface area contributed by atoms with Crippen molar-refractivity contribution in [2.24, 2.45) is 0 Å². The number of hydrogen-bond acceptors (Lipinski definition) is 5. The number of para-hydroxylation sites is 1. The average Bonchev–Trinajstić information content (AvgIpc) is 2.72. The van der Waals surface area contributed by atoms with E-state index in [1.165, 1.54) is 43.3 Å². The smallest absolute Gasteiger partial charge is 0.331 e. The minimum absolute atomic E-state index is 0.0345. The Kier molecular flexibility index (Phi) is 7.65. The fourth-order valence-electron chi connectivity index (χ4n) is 2.63. The van der Waals surface area contributed by atoms with Crippen LogP contribution in [-0.4, -0.2) is 22.9 Å². The van der Waals surface area contributed by atoms with E-state index in [1.807, 2.05) is 24.3 Å². The molecule has 0 fully saturated rings. The first kappa shape index (κ1) is 21.8. The summed E-state index contributed by atoms with van der Waals surface area (Å²) >= 11 is 0. The molecule has 0 aliphatic rings. The normalized spacial score (nSPS) is 12.9. The molecule has 7 heteroatoms. The second-order valence-corrected chi connectivity index (χ2v) is 6.65. The zero-order valence-corrected chi connectivity index (χ0v) is 16.6. The van der Waals surface area contributed by atoms with Crippen LogP contribution in [0.5, 0.6) is 0 Å². The van der Waals surface area contributed by atoms with Gasteiger partial charge in [-0.1, -0.05) is 32.0 Å². The maximum absolute atomic E-state index is 12.4. The number of benzene rings is 2. The maximum Gasteiger partial charge on any atom is 0.331 e. The summed E-state index contributed by atoms with van der Waals surface area (Å²) in [5.74, 6) is -0.812. The number of nitro groups is 1. The number of esters is 1. The summed E-state index contributed by atoms with van der Waals surface area (Å²) in [6.07, 6.45) is 2.60. The topological polar surface area (TPSA) is 98.5 Å². The lowest BCUT2D eigenvalue weighted by molar-refractivity contribution is -0.384. The summed E-state index contributed by atoms with van der Waals surface area (Å²) in [7, 11) is 0. The van der Waals surface area contributed by atoms with Crippen LogP contribution in [0.15, 0.2) is 54.6 Å². The van der Waals surface area contributed by atoms with Gasteiger partial charge in [-0.2, -0.15) is 0 Å². The fourth-order valence-corrected chi connectivity index (χ4v) is 2.63. The van der Waals surface area contributed by atoms with E-state index < -0.39 is 22.9 Å². The van der Waals surface area contributed by atoms with E-state index in [-0.39, 0.29) is 11.6 Å². The third-order valence-electron chi connectivity index (χ3n) is 4.54. The number of carbonyl (C=O) groups is 2. The highest BCUT2D eigenvalue weighted by molar-refractivity contribution is 5.97. The van der Waals surface area contributed by atoms with Crippen LogP contribution in [0.3, 0.4) is 0 Å². The number of nitrogens with zero attached hydrogens (tertiary/aromatic N) is 1. The van der Waals surface area contributed by atoms with Gasteiger partial charge in [-0.15, -0.1) is 0 Å². The summed E-state index contributed by atoms with van der Waals surface area (Å²) in [6, 6.07) is 13.3. The molecule has 0 bridgehead atoms. The van der Waals surface area contributed by atoms with Crippen LogP contribution in [0, 0.1) is 10.1 Å². The van der Waals surface area contributed by atoms with Crippen molar-refractivity contribution in [1.29, 1.82) is 0 Å². The molecule has 2 rings (SSSR count). The number of rotatable bonds is 8. The van der Waals surface area contributed by atoms with Gasteiger partial charge in [0.25, 0.3) is 11.6 Å². The van der Waals surface area contributed by atoms with E-state index in [0.29, 0.717) is 11.3 Å². The van der Waals surface area contributed by atoms with E-state index in [4.69, 9.17) is 4.74 Å². The van der Waals surface area contributed by atoms with Crippen LogP contribution in [0.1, 0.15) is 44.2 Å². The van der Waals surface area contributed by atoms with Gasteiger partial charge in [-0.05, 0) is 54.7 Å². The largest absolute Gasteiger partial charge is 0.449 e. The van der Waals surface area contributed by atoms with Gasteiger partial charge < -0.3 is 10.1 Å². The predicted octanol–water partition coefficient (Wildman–Crippen LogP) is 4.69. The number of non-ortho nitro benzene ring substituents is 1. The average molecular weight is 396 g/mol. The van der Waals surface area contributed by atoms with Crippen LogP contribution in [0.25, 0.3) is 6.08 Å². The van der Waals surface area contributed by atoms with Gasteiger partial charge in [0.1, 0.15) is 0 Å². The van der Waals surface area contributed by atoms with E-state index in [9.17, 15) is 19.7 Å². The molecule has 152 valence electrons.